The van der Waals surface area contributed by atoms with Gasteiger partial charge in [0.05, 0.1) is 0 Å². The number of hydrogen-bond donors (Lipinski definition) is 1. The molecule has 0 aliphatic rings. The zero-order chi connectivity index (χ0) is 20.5. The normalized spacial score (nSPS) is 11.1. The Bertz CT molecular complexity index is 1360. The maximum absolute atomic E-state index is 12.8. The fraction of sp³-hybridized carbons (Fsp3) is 0.0769. The van der Waals surface area contributed by atoms with Crippen molar-refractivity contribution in [1.82, 2.24) is 4.98 Å². The van der Waals surface area contributed by atoms with Crippen LogP contribution in [-0.2, 0) is 6.42 Å². The first-order valence-electron chi connectivity index (χ1n) is 10.0. The number of aryl methyl sites for hydroxylation is 1. The third kappa shape index (κ3) is 3.33. The lowest BCUT2D eigenvalue weighted by atomic mass is 10.0. The van der Waals surface area contributed by atoms with E-state index >= 15 is 0 Å². The number of fused-ring (bicyclic) bond motifs is 2. The molecular weight excluding hydrogens is 372 g/mol. The number of anilines is 1. The van der Waals surface area contributed by atoms with Crippen LogP contribution in [0.3, 0.4) is 0 Å². The average Bonchev–Trinajstić information content (AvgIpc) is 3.22. The van der Waals surface area contributed by atoms with Crippen molar-refractivity contribution in [2.45, 2.75) is 13.3 Å². The largest absolute Gasteiger partial charge is 0.436 e. The van der Waals surface area contributed by atoms with Gasteiger partial charge in [-0.15, -0.1) is 0 Å². The van der Waals surface area contributed by atoms with Gasteiger partial charge in [-0.05, 0) is 65.2 Å². The molecule has 30 heavy (non-hydrogen) atoms. The number of benzene rings is 4. The molecule has 0 aliphatic carbocycles. The molecule has 0 atom stereocenters. The highest BCUT2D eigenvalue weighted by Gasteiger charge is 2.12. The molecule has 146 valence electrons. The Balaban J connectivity index is 1.39. The summed E-state index contributed by atoms with van der Waals surface area (Å²) < 4.78 is 5.89. The van der Waals surface area contributed by atoms with E-state index in [1.807, 2.05) is 72.8 Å². The zero-order valence-electron chi connectivity index (χ0n) is 16.6. The van der Waals surface area contributed by atoms with Crippen LogP contribution in [0.4, 0.5) is 5.69 Å². The van der Waals surface area contributed by atoms with Crippen molar-refractivity contribution in [2.24, 2.45) is 0 Å². The summed E-state index contributed by atoms with van der Waals surface area (Å²) >= 11 is 0. The summed E-state index contributed by atoms with van der Waals surface area (Å²) in [6, 6.07) is 27.2. The third-order valence-corrected chi connectivity index (χ3v) is 5.28. The van der Waals surface area contributed by atoms with E-state index in [2.05, 4.69) is 29.4 Å². The molecule has 0 bridgehead atoms. The average molecular weight is 392 g/mol. The van der Waals surface area contributed by atoms with Gasteiger partial charge in [0.1, 0.15) is 5.52 Å². The van der Waals surface area contributed by atoms with E-state index in [0.717, 1.165) is 39.5 Å². The molecule has 1 heterocycles. The summed E-state index contributed by atoms with van der Waals surface area (Å²) in [7, 11) is 0. The van der Waals surface area contributed by atoms with Gasteiger partial charge in [-0.2, -0.15) is 0 Å². The molecule has 1 aromatic heterocycles. The van der Waals surface area contributed by atoms with Crippen LogP contribution < -0.4 is 5.32 Å². The fourth-order valence-corrected chi connectivity index (χ4v) is 3.63. The smallest absolute Gasteiger partial charge is 0.256 e. The zero-order valence-corrected chi connectivity index (χ0v) is 16.6. The second-order valence-corrected chi connectivity index (χ2v) is 7.23. The van der Waals surface area contributed by atoms with Crippen LogP contribution in [0, 0.1) is 0 Å². The van der Waals surface area contributed by atoms with Gasteiger partial charge >= 0.3 is 0 Å². The van der Waals surface area contributed by atoms with Gasteiger partial charge in [-0.25, -0.2) is 4.98 Å². The molecule has 0 saturated carbocycles. The van der Waals surface area contributed by atoms with Crippen molar-refractivity contribution in [3.63, 3.8) is 0 Å². The second-order valence-electron chi connectivity index (χ2n) is 7.23. The van der Waals surface area contributed by atoms with Crippen LogP contribution in [0.2, 0.25) is 0 Å². The Morgan fingerprint density at radius 1 is 0.933 bits per heavy atom. The van der Waals surface area contributed by atoms with Gasteiger partial charge < -0.3 is 9.73 Å². The molecule has 0 spiro atoms. The van der Waals surface area contributed by atoms with Crippen LogP contribution in [-0.4, -0.2) is 10.9 Å². The molecule has 4 heteroatoms. The van der Waals surface area contributed by atoms with Gasteiger partial charge in [0.2, 0.25) is 5.89 Å². The first kappa shape index (κ1) is 18.1. The van der Waals surface area contributed by atoms with Gasteiger partial charge in [-0.1, -0.05) is 49.4 Å². The molecule has 5 rings (SSSR count). The Labute approximate surface area is 174 Å². The summed E-state index contributed by atoms with van der Waals surface area (Å²) in [5.41, 5.74) is 5.11. The number of carbonyl (C=O) groups excluding carboxylic acids is 1. The maximum Gasteiger partial charge on any atom is 0.256 e. The van der Waals surface area contributed by atoms with E-state index in [1.165, 1.54) is 5.56 Å². The standard InChI is InChI=1S/C26H20N2O2/c1-2-17-10-15-24-23(16-17)28-26(30-24)19-11-13-20(14-12-19)27-25(29)22-9-5-7-18-6-3-4-8-21(18)22/h3-16H,2H2,1H3,(H,27,29). The van der Waals surface area contributed by atoms with Crippen LogP contribution in [0.5, 0.6) is 0 Å². The SMILES string of the molecule is CCc1ccc2oc(-c3ccc(NC(=O)c4cccc5ccccc45)cc3)nc2c1. The molecule has 4 aromatic carbocycles. The number of amides is 1. The predicted molar refractivity (Wildman–Crippen MR) is 121 cm³/mol. The number of nitrogens with zero attached hydrogens (tertiary/aromatic N) is 1. The molecule has 0 aliphatic heterocycles. The number of carbonyl (C=O) groups is 1. The topological polar surface area (TPSA) is 55.1 Å². The first-order chi connectivity index (χ1) is 14.7. The van der Waals surface area contributed by atoms with E-state index in [9.17, 15) is 4.79 Å². The summed E-state index contributed by atoms with van der Waals surface area (Å²) in [4.78, 5) is 17.4. The Kier molecular flexibility index (Phi) is 4.52. The molecule has 0 saturated heterocycles. The van der Waals surface area contributed by atoms with Crippen LogP contribution in [0.1, 0.15) is 22.8 Å². The second kappa shape index (κ2) is 7.48. The van der Waals surface area contributed by atoms with Crippen molar-refractivity contribution in [3.05, 3.63) is 96.1 Å². The van der Waals surface area contributed by atoms with Crippen molar-refractivity contribution in [1.29, 1.82) is 0 Å². The number of hydrogen-bond acceptors (Lipinski definition) is 3. The van der Waals surface area contributed by atoms with Crippen LogP contribution in [0.15, 0.2) is 89.3 Å². The molecule has 4 nitrogen and oxygen atoms in total. The lowest BCUT2D eigenvalue weighted by Crippen LogP contribution is -2.12. The van der Waals surface area contributed by atoms with Gasteiger partial charge in [0.25, 0.3) is 5.91 Å². The highest BCUT2D eigenvalue weighted by molar-refractivity contribution is 6.12. The monoisotopic (exact) mass is 392 g/mol. The lowest BCUT2D eigenvalue weighted by Gasteiger charge is -2.08. The van der Waals surface area contributed by atoms with Crippen molar-refractivity contribution >= 4 is 33.5 Å². The molecule has 1 amide bonds. The molecule has 0 unspecified atom stereocenters. The Hall–Kier alpha value is -3.92. The first-order valence-corrected chi connectivity index (χ1v) is 10.0. The number of aromatic nitrogens is 1. The summed E-state index contributed by atoms with van der Waals surface area (Å²) in [5.74, 6) is 0.443. The Morgan fingerprint density at radius 2 is 1.73 bits per heavy atom. The summed E-state index contributed by atoms with van der Waals surface area (Å²) in [6.45, 7) is 2.12. The molecule has 0 radical (unpaired) electrons. The molecule has 1 N–H and O–H groups in total. The lowest BCUT2D eigenvalue weighted by molar-refractivity contribution is 0.102. The van der Waals surface area contributed by atoms with Gasteiger partial charge in [0, 0.05) is 16.8 Å². The summed E-state index contributed by atoms with van der Waals surface area (Å²) in [6.07, 6.45) is 0.962. The quantitative estimate of drug-likeness (QED) is 0.382. The highest BCUT2D eigenvalue weighted by atomic mass is 16.3. The molecule has 0 fully saturated rings. The van der Waals surface area contributed by atoms with Crippen molar-refractivity contribution in [3.8, 4) is 11.5 Å². The number of nitrogens with one attached hydrogen (secondary N) is 1. The Morgan fingerprint density at radius 3 is 2.57 bits per heavy atom. The fourth-order valence-electron chi connectivity index (χ4n) is 3.63. The van der Waals surface area contributed by atoms with Crippen molar-refractivity contribution in [2.75, 3.05) is 5.32 Å². The van der Waals surface area contributed by atoms with Crippen LogP contribution >= 0.6 is 0 Å². The van der Waals surface area contributed by atoms with Gasteiger partial charge in [-0.3, -0.25) is 4.79 Å². The van der Waals surface area contributed by atoms with Gasteiger partial charge in [0.15, 0.2) is 5.58 Å². The van der Waals surface area contributed by atoms with E-state index in [1.54, 1.807) is 0 Å². The number of rotatable bonds is 4. The highest BCUT2D eigenvalue weighted by Crippen LogP contribution is 2.27. The van der Waals surface area contributed by atoms with E-state index < -0.39 is 0 Å². The summed E-state index contributed by atoms with van der Waals surface area (Å²) in [5, 5.41) is 4.96. The number of oxazole rings is 1. The predicted octanol–water partition coefficient (Wildman–Crippen LogP) is 6.46. The minimum absolute atomic E-state index is 0.131. The van der Waals surface area contributed by atoms with E-state index in [-0.39, 0.29) is 5.91 Å². The maximum atomic E-state index is 12.8. The van der Waals surface area contributed by atoms with E-state index in [4.69, 9.17) is 4.42 Å². The van der Waals surface area contributed by atoms with Crippen molar-refractivity contribution < 1.29 is 9.21 Å². The van der Waals surface area contributed by atoms with E-state index in [0.29, 0.717) is 11.5 Å². The third-order valence-electron chi connectivity index (χ3n) is 5.28. The molecular formula is C26H20N2O2. The minimum atomic E-state index is -0.131. The minimum Gasteiger partial charge on any atom is -0.436 e. The molecule has 5 aromatic rings. The van der Waals surface area contributed by atoms with Crippen LogP contribution in [0.25, 0.3) is 33.3 Å².